The van der Waals surface area contributed by atoms with Crippen molar-refractivity contribution >= 4 is 11.7 Å². The predicted molar refractivity (Wildman–Crippen MR) is 73.2 cm³/mol. The summed E-state index contributed by atoms with van der Waals surface area (Å²) in [5.41, 5.74) is 2.09. The van der Waals surface area contributed by atoms with Gasteiger partial charge in [0.1, 0.15) is 0 Å². The number of nitrogens with one attached hydrogen (secondary N) is 1. The van der Waals surface area contributed by atoms with Crippen molar-refractivity contribution in [2.75, 3.05) is 31.1 Å². The summed E-state index contributed by atoms with van der Waals surface area (Å²) >= 11 is 0. The molecule has 3 rings (SSSR count). The van der Waals surface area contributed by atoms with Crippen LogP contribution >= 0.6 is 0 Å². The molecular formula is C14H19N3O2. The molecule has 1 aromatic rings. The summed E-state index contributed by atoms with van der Waals surface area (Å²) in [4.78, 5) is 15.8. The van der Waals surface area contributed by atoms with Gasteiger partial charge in [-0.15, -0.1) is 0 Å². The van der Waals surface area contributed by atoms with Crippen LogP contribution in [0.2, 0.25) is 0 Å². The molecule has 0 spiro atoms. The minimum atomic E-state index is -0.428. The van der Waals surface area contributed by atoms with Gasteiger partial charge < -0.3 is 20.2 Å². The van der Waals surface area contributed by atoms with Crippen LogP contribution in [0.25, 0.3) is 0 Å². The fourth-order valence-electron chi connectivity index (χ4n) is 2.80. The number of hydrogen-bond acceptors (Lipinski definition) is 3. The number of amides is 2. The second-order valence-electron chi connectivity index (χ2n) is 5.25. The zero-order valence-electron chi connectivity index (χ0n) is 11.0. The first-order valence-electron chi connectivity index (χ1n) is 6.72. The van der Waals surface area contributed by atoms with E-state index in [1.54, 1.807) is 6.92 Å². The third-order valence-electron chi connectivity index (χ3n) is 3.97. The molecule has 2 amide bonds. The topological polar surface area (TPSA) is 55.8 Å². The van der Waals surface area contributed by atoms with Crippen molar-refractivity contribution in [1.82, 2.24) is 10.2 Å². The predicted octanol–water partition coefficient (Wildman–Crippen LogP) is 0.954. The van der Waals surface area contributed by atoms with Crippen molar-refractivity contribution < 1.29 is 9.90 Å². The highest BCUT2D eigenvalue weighted by atomic mass is 16.3. The second-order valence-corrected chi connectivity index (χ2v) is 5.25. The molecule has 0 aromatic heterocycles. The van der Waals surface area contributed by atoms with Gasteiger partial charge in [0, 0.05) is 31.9 Å². The van der Waals surface area contributed by atoms with Gasteiger partial charge in [-0.1, -0.05) is 12.1 Å². The van der Waals surface area contributed by atoms with Crippen molar-refractivity contribution in [3.05, 3.63) is 29.8 Å². The Morgan fingerprint density at radius 3 is 2.74 bits per heavy atom. The molecule has 0 aliphatic carbocycles. The van der Waals surface area contributed by atoms with Gasteiger partial charge >= 0.3 is 6.03 Å². The van der Waals surface area contributed by atoms with Gasteiger partial charge in [-0.3, -0.25) is 0 Å². The van der Waals surface area contributed by atoms with Gasteiger partial charge in [-0.25, -0.2) is 4.79 Å². The molecule has 2 saturated heterocycles. The van der Waals surface area contributed by atoms with E-state index in [4.69, 9.17) is 0 Å². The van der Waals surface area contributed by atoms with Gasteiger partial charge in [0.15, 0.2) is 0 Å². The van der Waals surface area contributed by atoms with Crippen molar-refractivity contribution in [2.45, 2.75) is 19.1 Å². The first-order valence-corrected chi connectivity index (χ1v) is 6.72. The summed E-state index contributed by atoms with van der Waals surface area (Å²) in [6.45, 7) is 5.00. The molecule has 0 bridgehead atoms. The number of piperazine rings is 1. The highest BCUT2D eigenvalue weighted by Crippen LogP contribution is 2.23. The highest BCUT2D eigenvalue weighted by molar-refractivity contribution is 5.77. The number of aliphatic hydroxyl groups excluding tert-OH is 1. The zero-order valence-corrected chi connectivity index (χ0v) is 11.0. The van der Waals surface area contributed by atoms with Crippen LogP contribution in [0.1, 0.15) is 18.6 Å². The molecule has 19 heavy (non-hydrogen) atoms. The number of carbonyl (C=O) groups excluding carboxylic acids is 1. The lowest BCUT2D eigenvalue weighted by atomic mass is 10.1. The maximum atomic E-state index is 11.5. The van der Waals surface area contributed by atoms with E-state index in [0.29, 0.717) is 0 Å². The molecular weight excluding hydrogens is 242 g/mol. The summed E-state index contributed by atoms with van der Waals surface area (Å²) in [7, 11) is 0. The standard InChI is InChI=1S/C14H19N3O2/c1-10(18)11-2-4-12(5-3-11)16-6-7-17-13(9-16)8-15-14(17)19/h2-5,10,13,18H,6-9H2,1H3,(H,15,19)/t10-,13?/m0/s1. The number of anilines is 1. The molecule has 102 valence electrons. The Labute approximate surface area is 112 Å². The zero-order chi connectivity index (χ0) is 13.4. The number of fused-ring (bicyclic) bond motifs is 1. The minimum absolute atomic E-state index is 0.0640. The van der Waals surface area contributed by atoms with Crippen molar-refractivity contribution in [2.24, 2.45) is 0 Å². The minimum Gasteiger partial charge on any atom is -0.389 e. The molecule has 2 atom stereocenters. The Hall–Kier alpha value is -1.75. The van der Waals surface area contributed by atoms with Crippen LogP contribution in [0.15, 0.2) is 24.3 Å². The number of hydrogen-bond donors (Lipinski definition) is 2. The van der Waals surface area contributed by atoms with Crippen molar-refractivity contribution in [3.63, 3.8) is 0 Å². The van der Waals surface area contributed by atoms with E-state index < -0.39 is 6.10 Å². The Morgan fingerprint density at radius 2 is 2.05 bits per heavy atom. The number of aliphatic hydroxyl groups is 1. The van der Waals surface area contributed by atoms with Crippen LogP contribution in [0, 0.1) is 0 Å². The van der Waals surface area contributed by atoms with Crippen LogP contribution < -0.4 is 10.2 Å². The van der Waals surface area contributed by atoms with E-state index >= 15 is 0 Å². The first-order chi connectivity index (χ1) is 9.15. The van der Waals surface area contributed by atoms with Crippen molar-refractivity contribution in [3.8, 4) is 0 Å². The third-order valence-corrected chi connectivity index (χ3v) is 3.97. The summed E-state index contributed by atoms with van der Waals surface area (Å²) in [6.07, 6.45) is -0.428. The van der Waals surface area contributed by atoms with Crippen molar-refractivity contribution in [1.29, 1.82) is 0 Å². The van der Waals surface area contributed by atoms with E-state index in [1.807, 2.05) is 29.2 Å². The van der Waals surface area contributed by atoms with E-state index in [-0.39, 0.29) is 12.1 Å². The molecule has 2 heterocycles. The summed E-state index contributed by atoms with van der Waals surface area (Å²) in [6, 6.07) is 8.35. The lowest BCUT2D eigenvalue weighted by Gasteiger charge is -2.37. The number of rotatable bonds is 2. The van der Waals surface area contributed by atoms with Gasteiger partial charge in [-0.05, 0) is 24.6 Å². The average Bonchev–Trinajstić information content (AvgIpc) is 2.80. The summed E-state index contributed by atoms with van der Waals surface area (Å²) < 4.78 is 0. The van der Waals surface area contributed by atoms with Crippen LogP contribution in [0.4, 0.5) is 10.5 Å². The van der Waals surface area contributed by atoms with Crippen LogP contribution in [0.3, 0.4) is 0 Å². The second kappa shape index (κ2) is 4.74. The maximum absolute atomic E-state index is 11.5. The van der Waals surface area contributed by atoms with Crippen LogP contribution in [-0.2, 0) is 0 Å². The number of carbonyl (C=O) groups is 1. The average molecular weight is 261 g/mol. The molecule has 2 N–H and O–H groups in total. The third kappa shape index (κ3) is 2.26. The van der Waals surface area contributed by atoms with Gasteiger partial charge in [0.05, 0.1) is 12.1 Å². The molecule has 1 unspecified atom stereocenters. The molecule has 1 aromatic carbocycles. The van der Waals surface area contributed by atoms with Crippen LogP contribution in [0.5, 0.6) is 0 Å². The number of benzene rings is 1. The van der Waals surface area contributed by atoms with E-state index in [1.165, 1.54) is 0 Å². The van der Waals surface area contributed by atoms with E-state index in [0.717, 1.165) is 37.4 Å². The fourth-order valence-corrected chi connectivity index (χ4v) is 2.80. The molecule has 2 fully saturated rings. The molecule has 2 aliphatic heterocycles. The molecule has 0 saturated carbocycles. The largest absolute Gasteiger partial charge is 0.389 e. The lowest BCUT2D eigenvalue weighted by molar-refractivity contribution is 0.197. The van der Waals surface area contributed by atoms with Crippen LogP contribution in [-0.4, -0.2) is 48.3 Å². The summed E-state index contributed by atoms with van der Waals surface area (Å²) in [5.74, 6) is 0. The molecule has 5 nitrogen and oxygen atoms in total. The molecule has 5 heteroatoms. The molecule has 0 radical (unpaired) electrons. The summed E-state index contributed by atoms with van der Waals surface area (Å²) in [5, 5.41) is 12.4. The number of nitrogens with zero attached hydrogens (tertiary/aromatic N) is 2. The van der Waals surface area contributed by atoms with Gasteiger partial charge in [0.2, 0.25) is 0 Å². The van der Waals surface area contributed by atoms with Gasteiger partial charge in [-0.2, -0.15) is 0 Å². The van der Waals surface area contributed by atoms with Gasteiger partial charge in [0.25, 0.3) is 0 Å². The Balaban J connectivity index is 1.71. The SMILES string of the molecule is C[C@H](O)c1ccc(N2CCN3C(=O)NCC3C2)cc1. The lowest BCUT2D eigenvalue weighted by Crippen LogP contribution is -2.52. The Morgan fingerprint density at radius 1 is 1.32 bits per heavy atom. The maximum Gasteiger partial charge on any atom is 0.317 e. The first kappa shape index (κ1) is 12.3. The highest BCUT2D eigenvalue weighted by Gasteiger charge is 2.35. The fraction of sp³-hybridized carbons (Fsp3) is 0.500. The monoisotopic (exact) mass is 261 g/mol. The Bertz CT molecular complexity index is 472. The quantitative estimate of drug-likeness (QED) is 0.833. The Kier molecular flexibility index (Phi) is 3.06. The normalized spacial score (nSPS) is 24.1. The van der Waals surface area contributed by atoms with E-state index in [9.17, 15) is 9.90 Å². The van der Waals surface area contributed by atoms with E-state index in [2.05, 4.69) is 10.2 Å². The molecule has 2 aliphatic rings. The number of urea groups is 1. The smallest absolute Gasteiger partial charge is 0.317 e.